The first-order valence-corrected chi connectivity index (χ1v) is 19.8. The zero-order valence-corrected chi connectivity index (χ0v) is 30.0. The SMILES string of the molecule is CCCCCCCCCCCCCCCCOCC(CNCCCC(=O)O)OCCCCCCCCCCCCCCCC. The second-order valence-electron chi connectivity index (χ2n) is 13.5. The van der Waals surface area contributed by atoms with Crippen LogP contribution >= 0.6 is 0 Å². The standard InChI is InChI=1S/C39H79NO4/c1-3-5-7-9-11-13-15-17-19-21-23-25-27-29-34-43-37-38(36-40-33-31-32-39(41)42)44-35-30-28-26-24-22-20-18-16-14-12-10-8-6-4-2/h38,40H,3-37H2,1-2H3,(H,41,42). The summed E-state index contributed by atoms with van der Waals surface area (Å²) in [6.45, 7) is 8.26. The van der Waals surface area contributed by atoms with Crippen molar-refractivity contribution in [2.75, 3.05) is 32.9 Å². The Labute approximate surface area is 275 Å². The van der Waals surface area contributed by atoms with Gasteiger partial charge >= 0.3 is 5.97 Å². The van der Waals surface area contributed by atoms with Gasteiger partial charge in [0.05, 0.1) is 12.7 Å². The Kier molecular flexibility index (Phi) is 38.0. The molecule has 264 valence electrons. The van der Waals surface area contributed by atoms with Gasteiger partial charge in [0.2, 0.25) is 0 Å². The maximum absolute atomic E-state index is 10.8. The molecule has 0 bridgehead atoms. The van der Waals surface area contributed by atoms with Crippen molar-refractivity contribution in [2.24, 2.45) is 0 Å². The lowest BCUT2D eigenvalue weighted by atomic mass is 10.0. The molecule has 1 atom stereocenters. The van der Waals surface area contributed by atoms with E-state index >= 15 is 0 Å². The number of carbonyl (C=O) groups is 1. The van der Waals surface area contributed by atoms with E-state index in [1.165, 1.54) is 167 Å². The number of unbranched alkanes of at least 4 members (excludes halogenated alkanes) is 26. The lowest BCUT2D eigenvalue weighted by Crippen LogP contribution is -2.34. The van der Waals surface area contributed by atoms with Gasteiger partial charge < -0.3 is 19.9 Å². The van der Waals surface area contributed by atoms with Crippen LogP contribution in [0.1, 0.15) is 206 Å². The van der Waals surface area contributed by atoms with Crippen LogP contribution < -0.4 is 5.32 Å². The minimum absolute atomic E-state index is 0.0495. The third-order valence-electron chi connectivity index (χ3n) is 8.91. The summed E-state index contributed by atoms with van der Waals surface area (Å²) < 4.78 is 12.2. The third-order valence-corrected chi connectivity index (χ3v) is 8.91. The predicted octanol–water partition coefficient (Wildman–Crippen LogP) is 11.8. The van der Waals surface area contributed by atoms with Gasteiger partial charge in [-0.3, -0.25) is 4.79 Å². The van der Waals surface area contributed by atoms with E-state index in [-0.39, 0.29) is 12.5 Å². The van der Waals surface area contributed by atoms with Crippen molar-refractivity contribution < 1.29 is 19.4 Å². The Morgan fingerprint density at radius 3 is 1.27 bits per heavy atom. The fourth-order valence-electron chi connectivity index (χ4n) is 5.95. The smallest absolute Gasteiger partial charge is 0.303 e. The molecule has 0 saturated heterocycles. The summed E-state index contributed by atoms with van der Waals surface area (Å²) in [6, 6.07) is 0. The molecule has 0 aliphatic rings. The van der Waals surface area contributed by atoms with Crippen molar-refractivity contribution in [1.82, 2.24) is 5.32 Å². The Morgan fingerprint density at radius 2 is 0.886 bits per heavy atom. The highest BCUT2D eigenvalue weighted by Gasteiger charge is 2.10. The zero-order chi connectivity index (χ0) is 32.0. The van der Waals surface area contributed by atoms with Gasteiger partial charge in [-0.15, -0.1) is 0 Å². The van der Waals surface area contributed by atoms with Crippen LogP contribution in [0.25, 0.3) is 0 Å². The van der Waals surface area contributed by atoms with E-state index in [0.29, 0.717) is 19.6 Å². The Morgan fingerprint density at radius 1 is 0.523 bits per heavy atom. The van der Waals surface area contributed by atoms with E-state index in [9.17, 15) is 4.79 Å². The molecule has 0 saturated carbocycles. The van der Waals surface area contributed by atoms with Crippen molar-refractivity contribution >= 4 is 5.97 Å². The molecule has 0 aromatic carbocycles. The van der Waals surface area contributed by atoms with Crippen molar-refractivity contribution in [3.8, 4) is 0 Å². The largest absolute Gasteiger partial charge is 0.481 e. The molecule has 0 aliphatic heterocycles. The van der Waals surface area contributed by atoms with Gasteiger partial charge in [-0.1, -0.05) is 181 Å². The second kappa shape index (κ2) is 38.5. The summed E-state index contributed by atoms with van der Waals surface area (Å²) in [5.74, 6) is -0.728. The first-order chi connectivity index (χ1) is 21.7. The van der Waals surface area contributed by atoms with Crippen LogP contribution in [0.4, 0.5) is 0 Å². The van der Waals surface area contributed by atoms with Gasteiger partial charge in [-0.05, 0) is 25.8 Å². The molecule has 0 rings (SSSR count). The van der Waals surface area contributed by atoms with Gasteiger partial charge in [0.1, 0.15) is 0 Å². The number of carboxylic acids is 1. The summed E-state index contributed by atoms with van der Waals surface area (Å²) in [6.07, 6.45) is 39.3. The maximum atomic E-state index is 10.8. The quantitative estimate of drug-likeness (QED) is 0.0665. The average molecular weight is 626 g/mol. The Bertz CT molecular complexity index is 544. The first-order valence-electron chi connectivity index (χ1n) is 19.8. The highest BCUT2D eigenvalue weighted by atomic mass is 16.5. The van der Waals surface area contributed by atoms with Gasteiger partial charge in [0.15, 0.2) is 0 Å². The van der Waals surface area contributed by atoms with Gasteiger partial charge in [-0.25, -0.2) is 0 Å². The lowest BCUT2D eigenvalue weighted by Gasteiger charge is -2.19. The number of nitrogens with one attached hydrogen (secondary N) is 1. The maximum Gasteiger partial charge on any atom is 0.303 e. The van der Waals surface area contributed by atoms with Crippen LogP contribution in [-0.4, -0.2) is 50.1 Å². The van der Waals surface area contributed by atoms with E-state index in [2.05, 4.69) is 19.2 Å². The molecule has 0 aromatic heterocycles. The van der Waals surface area contributed by atoms with E-state index in [1.807, 2.05) is 0 Å². The van der Waals surface area contributed by atoms with Crippen molar-refractivity contribution in [2.45, 2.75) is 213 Å². The number of carboxylic acid groups (broad SMARTS) is 1. The number of hydrogen-bond acceptors (Lipinski definition) is 4. The molecule has 0 spiro atoms. The molecule has 5 heteroatoms. The van der Waals surface area contributed by atoms with Gasteiger partial charge in [0.25, 0.3) is 0 Å². The number of hydrogen-bond donors (Lipinski definition) is 2. The normalized spacial score (nSPS) is 12.2. The van der Waals surface area contributed by atoms with Crippen LogP contribution in [-0.2, 0) is 14.3 Å². The number of ether oxygens (including phenoxy) is 2. The third kappa shape index (κ3) is 37.5. The fraction of sp³-hybridized carbons (Fsp3) is 0.974. The molecule has 0 amide bonds. The Balaban J connectivity index is 3.74. The minimum Gasteiger partial charge on any atom is -0.481 e. The lowest BCUT2D eigenvalue weighted by molar-refractivity contribution is -0.137. The van der Waals surface area contributed by atoms with Gasteiger partial charge in [0, 0.05) is 26.2 Å². The summed E-state index contributed by atoms with van der Waals surface area (Å²) in [5.41, 5.74) is 0. The molecule has 5 nitrogen and oxygen atoms in total. The number of rotatable bonds is 39. The molecule has 0 heterocycles. The van der Waals surface area contributed by atoms with E-state index in [0.717, 1.165) is 32.6 Å². The highest BCUT2D eigenvalue weighted by molar-refractivity contribution is 5.66. The van der Waals surface area contributed by atoms with Crippen molar-refractivity contribution in [1.29, 1.82) is 0 Å². The molecule has 44 heavy (non-hydrogen) atoms. The van der Waals surface area contributed by atoms with E-state index < -0.39 is 5.97 Å². The van der Waals surface area contributed by atoms with Crippen LogP contribution in [0, 0.1) is 0 Å². The van der Waals surface area contributed by atoms with Crippen LogP contribution in [0.2, 0.25) is 0 Å². The van der Waals surface area contributed by atoms with Crippen LogP contribution in [0.5, 0.6) is 0 Å². The Hall–Kier alpha value is -0.650. The average Bonchev–Trinajstić information content (AvgIpc) is 3.02. The topological polar surface area (TPSA) is 67.8 Å². The van der Waals surface area contributed by atoms with Crippen LogP contribution in [0.3, 0.4) is 0 Å². The van der Waals surface area contributed by atoms with Crippen molar-refractivity contribution in [3.05, 3.63) is 0 Å². The number of aliphatic carboxylic acids is 1. The van der Waals surface area contributed by atoms with Crippen molar-refractivity contribution in [3.63, 3.8) is 0 Å². The van der Waals surface area contributed by atoms with E-state index in [4.69, 9.17) is 14.6 Å². The highest BCUT2D eigenvalue weighted by Crippen LogP contribution is 2.14. The molecule has 1 unspecified atom stereocenters. The summed E-state index contributed by atoms with van der Waals surface area (Å²) in [5, 5.41) is 12.2. The summed E-state index contributed by atoms with van der Waals surface area (Å²) in [4.78, 5) is 10.8. The molecule has 0 fully saturated rings. The molecule has 0 radical (unpaired) electrons. The monoisotopic (exact) mass is 626 g/mol. The first kappa shape index (κ1) is 43.4. The fourth-order valence-corrected chi connectivity index (χ4v) is 5.95. The second-order valence-corrected chi connectivity index (χ2v) is 13.5. The molecule has 0 aromatic rings. The minimum atomic E-state index is -0.728. The zero-order valence-electron chi connectivity index (χ0n) is 30.0. The molecular formula is C39H79NO4. The summed E-state index contributed by atoms with van der Waals surface area (Å²) in [7, 11) is 0. The molecular weight excluding hydrogens is 546 g/mol. The molecule has 0 aliphatic carbocycles. The predicted molar refractivity (Wildman–Crippen MR) is 191 cm³/mol. The molecule has 2 N–H and O–H groups in total. The van der Waals surface area contributed by atoms with Crippen LogP contribution in [0.15, 0.2) is 0 Å². The van der Waals surface area contributed by atoms with Gasteiger partial charge in [-0.2, -0.15) is 0 Å². The van der Waals surface area contributed by atoms with E-state index in [1.54, 1.807) is 0 Å². The summed E-state index contributed by atoms with van der Waals surface area (Å²) >= 11 is 0.